The lowest BCUT2D eigenvalue weighted by atomic mass is 10.1. The van der Waals surface area contributed by atoms with Gasteiger partial charge in [0.15, 0.2) is 5.82 Å². The lowest BCUT2D eigenvalue weighted by molar-refractivity contribution is -0.174. The molecule has 2 rings (SSSR count). The Kier molecular flexibility index (Phi) is 4.26. The van der Waals surface area contributed by atoms with E-state index in [1.807, 2.05) is 0 Å². The van der Waals surface area contributed by atoms with Crippen molar-refractivity contribution < 1.29 is 17.9 Å². The number of hydrogen-bond donors (Lipinski definition) is 2. The second kappa shape index (κ2) is 5.95. The first-order chi connectivity index (χ1) is 9.85. The van der Waals surface area contributed by atoms with Crippen LogP contribution < -0.4 is 11.5 Å². The summed E-state index contributed by atoms with van der Waals surface area (Å²) in [5, 5.41) is 11.0. The van der Waals surface area contributed by atoms with E-state index in [2.05, 4.69) is 20.3 Å². The molecule has 0 saturated carbocycles. The quantitative estimate of drug-likeness (QED) is 0.632. The molecule has 21 heavy (non-hydrogen) atoms. The Hall–Kier alpha value is -2.36. The van der Waals surface area contributed by atoms with Crippen molar-refractivity contribution in [1.29, 1.82) is 0 Å². The van der Waals surface area contributed by atoms with Gasteiger partial charge in [0.25, 0.3) is 0 Å². The number of hydrogen-bond acceptors (Lipinski definition) is 6. The smallest absolute Gasteiger partial charge is 0.399 e. The number of rotatable bonds is 5. The summed E-state index contributed by atoms with van der Waals surface area (Å²) in [6.45, 7) is -1.40. The highest BCUT2D eigenvalue weighted by Crippen LogP contribution is 2.22. The van der Waals surface area contributed by atoms with Crippen LogP contribution in [0.15, 0.2) is 18.2 Å². The van der Waals surface area contributed by atoms with E-state index in [0.717, 1.165) is 0 Å². The molecule has 2 aromatic rings. The number of nitrogens with zero attached hydrogens (tertiary/aromatic N) is 4. The molecule has 0 atom stereocenters. The van der Waals surface area contributed by atoms with Crippen LogP contribution in [-0.2, 0) is 11.3 Å². The molecule has 0 amide bonds. The molecule has 7 nitrogen and oxygen atoms in total. The van der Waals surface area contributed by atoms with Gasteiger partial charge in [0, 0.05) is 16.9 Å². The molecule has 10 heteroatoms. The van der Waals surface area contributed by atoms with Crippen LogP contribution in [0.4, 0.5) is 24.5 Å². The molecular weight excluding hydrogens is 289 g/mol. The number of nitrogens with two attached hydrogens (primary N) is 2. The van der Waals surface area contributed by atoms with Gasteiger partial charge in [0.05, 0.1) is 13.2 Å². The van der Waals surface area contributed by atoms with E-state index in [9.17, 15) is 13.2 Å². The first kappa shape index (κ1) is 15.0. The fourth-order valence-electron chi connectivity index (χ4n) is 1.71. The molecular formula is C11H13F3N6O. The maximum Gasteiger partial charge on any atom is 0.411 e. The predicted octanol–water partition coefficient (Wildman–Crippen LogP) is 1.08. The van der Waals surface area contributed by atoms with Crippen LogP contribution in [0.2, 0.25) is 0 Å². The summed E-state index contributed by atoms with van der Waals surface area (Å²) in [6.07, 6.45) is -4.36. The molecule has 1 aromatic heterocycles. The van der Waals surface area contributed by atoms with Crippen molar-refractivity contribution in [3.05, 3.63) is 18.2 Å². The molecule has 1 aromatic carbocycles. The topological polar surface area (TPSA) is 105 Å². The first-order valence-electron chi connectivity index (χ1n) is 5.92. The average Bonchev–Trinajstić information content (AvgIpc) is 2.80. The Balaban J connectivity index is 2.05. The Bertz CT molecular complexity index is 592. The highest BCUT2D eigenvalue weighted by molar-refractivity contribution is 5.67. The van der Waals surface area contributed by atoms with E-state index >= 15 is 0 Å². The third-order valence-electron chi connectivity index (χ3n) is 2.48. The monoisotopic (exact) mass is 302 g/mol. The summed E-state index contributed by atoms with van der Waals surface area (Å²) >= 11 is 0. The van der Waals surface area contributed by atoms with Crippen LogP contribution in [0.5, 0.6) is 0 Å². The van der Waals surface area contributed by atoms with Crippen LogP contribution in [-0.4, -0.2) is 39.6 Å². The molecule has 114 valence electrons. The van der Waals surface area contributed by atoms with E-state index in [4.69, 9.17) is 11.5 Å². The third-order valence-corrected chi connectivity index (χ3v) is 2.48. The van der Waals surface area contributed by atoms with E-state index < -0.39 is 12.8 Å². The van der Waals surface area contributed by atoms with Gasteiger partial charge in [-0.05, 0) is 28.6 Å². The van der Waals surface area contributed by atoms with Crippen molar-refractivity contribution in [2.24, 2.45) is 0 Å². The summed E-state index contributed by atoms with van der Waals surface area (Å²) in [5.41, 5.74) is 12.8. The van der Waals surface area contributed by atoms with E-state index in [0.29, 0.717) is 22.8 Å². The van der Waals surface area contributed by atoms with E-state index in [1.165, 1.54) is 4.68 Å². The van der Waals surface area contributed by atoms with E-state index in [-0.39, 0.29) is 13.2 Å². The Morgan fingerprint density at radius 2 is 1.81 bits per heavy atom. The van der Waals surface area contributed by atoms with Crippen molar-refractivity contribution >= 4 is 11.4 Å². The third kappa shape index (κ3) is 4.31. The molecule has 0 saturated heterocycles. The second-order valence-electron chi connectivity index (χ2n) is 4.28. The predicted molar refractivity (Wildman–Crippen MR) is 69.0 cm³/mol. The van der Waals surface area contributed by atoms with E-state index in [1.54, 1.807) is 18.2 Å². The van der Waals surface area contributed by atoms with Crippen molar-refractivity contribution in [3.63, 3.8) is 0 Å². The number of alkyl halides is 3. The lowest BCUT2D eigenvalue weighted by Gasteiger charge is -2.09. The summed E-state index contributed by atoms with van der Waals surface area (Å²) in [7, 11) is 0. The van der Waals surface area contributed by atoms with Gasteiger partial charge in [-0.15, -0.1) is 5.10 Å². The molecule has 1 heterocycles. The largest absolute Gasteiger partial charge is 0.411 e. The Morgan fingerprint density at radius 3 is 2.43 bits per heavy atom. The number of aromatic nitrogens is 4. The summed E-state index contributed by atoms with van der Waals surface area (Å²) < 4.78 is 41.7. The summed E-state index contributed by atoms with van der Waals surface area (Å²) in [4.78, 5) is 0. The number of benzene rings is 1. The molecule has 0 aliphatic heterocycles. The van der Waals surface area contributed by atoms with Crippen molar-refractivity contribution in [1.82, 2.24) is 20.2 Å². The standard InChI is InChI=1S/C11H13F3N6O/c12-11(13,14)6-21-2-1-20-10(17-18-19-20)7-3-8(15)5-9(16)4-7/h3-5H,1-2,6,15-16H2. The normalized spacial score (nSPS) is 11.8. The molecule has 0 bridgehead atoms. The molecule has 0 radical (unpaired) electrons. The Morgan fingerprint density at radius 1 is 1.14 bits per heavy atom. The zero-order chi connectivity index (χ0) is 15.5. The summed E-state index contributed by atoms with van der Waals surface area (Å²) in [5.74, 6) is 0.351. The second-order valence-corrected chi connectivity index (χ2v) is 4.28. The lowest BCUT2D eigenvalue weighted by Crippen LogP contribution is -2.19. The van der Waals surface area contributed by atoms with Crippen LogP contribution in [0, 0.1) is 0 Å². The average molecular weight is 302 g/mol. The molecule has 0 aliphatic carbocycles. The number of nitrogen functional groups attached to an aromatic ring is 2. The fourth-order valence-corrected chi connectivity index (χ4v) is 1.71. The zero-order valence-corrected chi connectivity index (χ0v) is 10.8. The maximum absolute atomic E-state index is 12.0. The van der Waals surface area contributed by atoms with Gasteiger partial charge in [0.2, 0.25) is 0 Å². The van der Waals surface area contributed by atoms with Crippen LogP contribution >= 0.6 is 0 Å². The van der Waals surface area contributed by atoms with Gasteiger partial charge < -0.3 is 16.2 Å². The van der Waals surface area contributed by atoms with Gasteiger partial charge >= 0.3 is 6.18 Å². The molecule has 0 spiro atoms. The molecule has 4 N–H and O–H groups in total. The van der Waals surface area contributed by atoms with Gasteiger partial charge in [0.1, 0.15) is 6.61 Å². The highest BCUT2D eigenvalue weighted by Gasteiger charge is 2.27. The minimum absolute atomic E-state index is 0.0765. The van der Waals surface area contributed by atoms with Crippen LogP contribution in [0.1, 0.15) is 0 Å². The summed E-state index contributed by atoms with van der Waals surface area (Å²) in [6, 6.07) is 4.81. The number of anilines is 2. The van der Waals surface area contributed by atoms with Crippen molar-refractivity contribution in [2.75, 3.05) is 24.7 Å². The number of tetrazole rings is 1. The number of ether oxygens (including phenoxy) is 1. The molecule has 0 aliphatic rings. The Labute approximate surface area is 117 Å². The zero-order valence-electron chi connectivity index (χ0n) is 10.8. The molecule has 0 unspecified atom stereocenters. The van der Waals surface area contributed by atoms with Crippen molar-refractivity contribution in [3.8, 4) is 11.4 Å². The van der Waals surface area contributed by atoms with Gasteiger partial charge in [-0.25, -0.2) is 4.68 Å². The van der Waals surface area contributed by atoms with Crippen molar-refractivity contribution in [2.45, 2.75) is 12.7 Å². The van der Waals surface area contributed by atoms with Crippen LogP contribution in [0.3, 0.4) is 0 Å². The minimum atomic E-state index is -4.36. The fraction of sp³-hybridized carbons (Fsp3) is 0.364. The van der Waals surface area contributed by atoms with Gasteiger partial charge in [-0.2, -0.15) is 13.2 Å². The van der Waals surface area contributed by atoms with Gasteiger partial charge in [-0.3, -0.25) is 0 Å². The SMILES string of the molecule is Nc1cc(N)cc(-c2nnnn2CCOCC(F)(F)F)c1. The van der Waals surface area contributed by atoms with Gasteiger partial charge in [-0.1, -0.05) is 0 Å². The van der Waals surface area contributed by atoms with Crippen LogP contribution in [0.25, 0.3) is 11.4 Å². The highest BCUT2D eigenvalue weighted by atomic mass is 19.4. The number of halogens is 3. The first-order valence-corrected chi connectivity index (χ1v) is 5.92. The maximum atomic E-state index is 12.0. The minimum Gasteiger partial charge on any atom is -0.399 e. The molecule has 0 fully saturated rings.